The van der Waals surface area contributed by atoms with Gasteiger partial charge in [0, 0.05) is 18.4 Å². The van der Waals surface area contributed by atoms with Crippen molar-refractivity contribution in [2.45, 2.75) is 26.2 Å². The van der Waals surface area contributed by atoms with E-state index in [1.807, 2.05) is 13.8 Å². The highest BCUT2D eigenvalue weighted by molar-refractivity contribution is 7.99. The van der Waals surface area contributed by atoms with Gasteiger partial charge in [0.25, 0.3) is 5.69 Å². The van der Waals surface area contributed by atoms with Crippen LogP contribution in [0.3, 0.4) is 0 Å². The second kappa shape index (κ2) is 5.55. The highest BCUT2D eigenvalue weighted by Crippen LogP contribution is 2.45. The first-order valence-electron chi connectivity index (χ1n) is 6.78. The maximum Gasteiger partial charge on any atom is 0.294 e. The number of hydrogen-bond donors (Lipinski definition) is 1. The van der Waals surface area contributed by atoms with Crippen LogP contribution in [0, 0.1) is 10.1 Å². The molecule has 2 N–H and O–H groups in total. The number of amides is 1. The Morgan fingerprint density at radius 3 is 2.67 bits per heavy atom. The van der Waals surface area contributed by atoms with Crippen LogP contribution >= 0.6 is 11.8 Å². The summed E-state index contributed by atoms with van der Waals surface area (Å²) in [5.41, 5.74) is 6.38. The van der Waals surface area contributed by atoms with E-state index in [-0.39, 0.29) is 17.3 Å². The Morgan fingerprint density at radius 1 is 1.43 bits per heavy atom. The maximum atomic E-state index is 12.6. The number of nitrogen functional groups attached to an aromatic ring is 1. The largest absolute Gasteiger partial charge is 0.393 e. The number of rotatable bonds is 5. The summed E-state index contributed by atoms with van der Waals surface area (Å²) in [4.78, 5) is 24.8. The third-order valence-corrected chi connectivity index (χ3v) is 4.63. The van der Waals surface area contributed by atoms with Crippen molar-refractivity contribution in [3.63, 3.8) is 0 Å². The third-order valence-electron chi connectivity index (χ3n) is 3.75. The normalized spacial score (nSPS) is 16.1. The van der Waals surface area contributed by atoms with Gasteiger partial charge in [0.2, 0.25) is 5.91 Å². The highest BCUT2D eigenvalue weighted by atomic mass is 32.2. The summed E-state index contributed by atoms with van der Waals surface area (Å²) in [6.07, 6.45) is 0. The summed E-state index contributed by atoms with van der Waals surface area (Å²) in [6, 6.07) is 2.99. The maximum absolute atomic E-state index is 12.6. The van der Waals surface area contributed by atoms with Gasteiger partial charge >= 0.3 is 0 Å². The molecule has 0 atom stereocenters. The van der Waals surface area contributed by atoms with Gasteiger partial charge in [0.1, 0.15) is 5.69 Å². The van der Waals surface area contributed by atoms with Gasteiger partial charge in [-0.15, -0.1) is 0 Å². The molecule has 1 aromatic carbocycles. The van der Waals surface area contributed by atoms with Gasteiger partial charge < -0.3 is 10.6 Å². The summed E-state index contributed by atoms with van der Waals surface area (Å²) in [7, 11) is 0. The molecule has 0 saturated carbocycles. The standard InChI is InChI=1S/C14H19N3O3S/c1-4-21-6-5-16-11-8-12(17(19)20)10(15)7-9(11)14(2,3)13(16)18/h7-8H,4-6,15H2,1-3H3. The van der Waals surface area contributed by atoms with E-state index in [1.165, 1.54) is 6.07 Å². The third kappa shape index (κ3) is 2.57. The van der Waals surface area contributed by atoms with E-state index in [9.17, 15) is 14.9 Å². The Bertz CT molecular complexity index is 601. The number of thioether (sulfide) groups is 1. The molecule has 114 valence electrons. The van der Waals surface area contributed by atoms with E-state index in [1.54, 1.807) is 22.7 Å². The average Bonchev–Trinajstić information content (AvgIpc) is 2.59. The lowest BCUT2D eigenvalue weighted by molar-refractivity contribution is -0.383. The lowest BCUT2D eigenvalue weighted by Gasteiger charge is -2.20. The number of fused-ring (bicyclic) bond motifs is 1. The molecule has 0 aliphatic carbocycles. The van der Waals surface area contributed by atoms with Crippen LogP contribution < -0.4 is 10.6 Å². The second-order valence-electron chi connectivity index (χ2n) is 5.46. The minimum atomic E-state index is -0.699. The number of hydrogen-bond acceptors (Lipinski definition) is 5. The Kier molecular flexibility index (Phi) is 4.13. The predicted octanol–water partition coefficient (Wildman–Crippen LogP) is 2.55. The van der Waals surface area contributed by atoms with Crippen molar-refractivity contribution >= 4 is 34.7 Å². The second-order valence-corrected chi connectivity index (χ2v) is 6.86. The molecule has 21 heavy (non-hydrogen) atoms. The fourth-order valence-electron chi connectivity index (χ4n) is 2.56. The monoisotopic (exact) mass is 309 g/mol. The fraction of sp³-hybridized carbons (Fsp3) is 0.500. The van der Waals surface area contributed by atoms with Crippen molar-refractivity contribution in [2.24, 2.45) is 0 Å². The van der Waals surface area contributed by atoms with E-state index in [0.29, 0.717) is 12.2 Å². The van der Waals surface area contributed by atoms with Crippen LogP contribution in [0.4, 0.5) is 17.1 Å². The van der Waals surface area contributed by atoms with Crippen LogP contribution in [-0.2, 0) is 10.2 Å². The Labute approximate surface area is 127 Å². The van der Waals surface area contributed by atoms with E-state index in [0.717, 1.165) is 17.1 Å². The minimum absolute atomic E-state index is 0.0332. The quantitative estimate of drug-likeness (QED) is 0.391. The van der Waals surface area contributed by atoms with Gasteiger partial charge in [-0.2, -0.15) is 11.8 Å². The van der Waals surface area contributed by atoms with Gasteiger partial charge in [-0.25, -0.2) is 0 Å². The minimum Gasteiger partial charge on any atom is -0.393 e. The molecule has 6 nitrogen and oxygen atoms in total. The van der Waals surface area contributed by atoms with Crippen LogP contribution in [-0.4, -0.2) is 28.9 Å². The first-order chi connectivity index (χ1) is 9.80. The number of benzene rings is 1. The number of anilines is 2. The van der Waals surface area contributed by atoms with Crippen LogP contribution in [0.2, 0.25) is 0 Å². The molecular weight excluding hydrogens is 290 g/mol. The van der Waals surface area contributed by atoms with Crippen molar-refractivity contribution in [1.29, 1.82) is 0 Å². The number of nitrogens with zero attached hydrogens (tertiary/aromatic N) is 2. The lowest BCUT2D eigenvalue weighted by Crippen LogP contribution is -2.37. The van der Waals surface area contributed by atoms with E-state index >= 15 is 0 Å². The summed E-state index contributed by atoms with van der Waals surface area (Å²) < 4.78 is 0. The summed E-state index contributed by atoms with van der Waals surface area (Å²) in [6.45, 7) is 6.26. The van der Waals surface area contributed by atoms with Crippen LogP contribution in [0.25, 0.3) is 0 Å². The molecule has 0 spiro atoms. The van der Waals surface area contributed by atoms with Gasteiger partial charge in [0.15, 0.2) is 0 Å². The number of carbonyl (C=O) groups is 1. The number of nitro groups is 1. The van der Waals surface area contributed by atoms with Crippen LogP contribution in [0.1, 0.15) is 26.3 Å². The van der Waals surface area contributed by atoms with Crippen molar-refractivity contribution in [3.05, 3.63) is 27.8 Å². The predicted molar refractivity (Wildman–Crippen MR) is 85.9 cm³/mol. The van der Waals surface area contributed by atoms with Crippen LogP contribution in [0.5, 0.6) is 0 Å². The van der Waals surface area contributed by atoms with Gasteiger partial charge in [-0.3, -0.25) is 14.9 Å². The van der Waals surface area contributed by atoms with E-state index in [4.69, 9.17) is 5.73 Å². The van der Waals surface area contributed by atoms with E-state index < -0.39 is 10.3 Å². The number of nitrogens with two attached hydrogens (primary N) is 1. The molecule has 1 aliphatic rings. The van der Waals surface area contributed by atoms with Crippen molar-refractivity contribution in [2.75, 3.05) is 28.7 Å². The Hall–Kier alpha value is -1.76. The van der Waals surface area contributed by atoms with Gasteiger partial charge in [-0.1, -0.05) is 6.92 Å². The van der Waals surface area contributed by atoms with Crippen molar-refractivity contribution in [3.8, 4) is 0 Å². The molecule has 0 radical (unpaired) electrons. The van der Waals surface area contributed by atoms with E-state index in [2.05, 4.69) is 6.92 Å². The molecule has 0 bridgehead atoms. The SMILES string of the molecule is CCSCCN1C(=O)C(C)(C)c2cc(N)c([N+](=O)[O-])cc21. The van der Waals surface area contributed by atoms with Crippen LogP contribution in [0.15, 0.2) is 12.1 Å². The zero-order chi connectivity index (χ0) is 15.8. The van der Waals surface area contributed by atoms with Crippen molar-refractivity contribution < 1.29 is 9.72 Å². The molecule has 1 heterocycles. The molecule has 2 rings (SSSR count). The Balaban J connectivity index is 2.48. The molecule has 1 amide bonds. The molecule has 1 aromatic rings. The Morgan fingerprint density at radius 2 is 2.10 bits per heavy atom. The fourth-order valence-corrected chi connectivity index (χ4v) is 3.16. The molecular formula is C14H19N3O3S. The highest BCUT2D eigenvalue weighted by Gasteiger charge is 2.44. The molecule has 0 unspecified atom stereocenters. The molecule has 1 aliphatic heterocycles. The van der Waals surface area contributed by atoms with Crippen molar-refractivity contribution in [1.82, 2.24) is 0 Å². The zero-order valence-electron chi connectivity index (χ0n) is 12.4. The molecule has 0 saturated heterocycles. The molecule has 0 aromatic heterocycles. The first kappa shape index (κ1) is 15.6. The molecule has 7 heteroatoms. The summed E-state index contributed by atoms with van der Waals surface area (Å²) >= 11 is 1.73. The zero-order valence-corrected chi connectivity index (χ0v) is 13.2. The molecule has 0 fully saturated rings. The number of carbonyl (C=O) groups excluding carboxylic acids is 1. The first-order valence-corrected chi connectivity index (χ1v) is 7.94. The smallest absolute Gasteiger partial charge is 0.294 e. The topological polar surface area (TPSA) is 89.5 Å². The summed E-state index contributed by atoms with van der Waals surface area (Å²) in [5, 5.41) is 11.0. The van der Waals surface area contributed by atoms with Gasteiger partial charge in [-0.05, 0) is 31.2 Å². The summed E-state index contributed by atoms with van der Waals surface area (Å²) in [5.74, 6) is 1.74. The lowest BCUT2D eigenvalue weighted by atomic mass is 9.86. The number of nitro benzene ring substituents is 1. The average molecular weight is 309 g/mol. The van der Waals surface area contributed by atoms with Gasteiger partial charge in [0.05, 0.1) is 16.0 Å².